The van der Waals surface area contributed by atoms with E-state index in [-0.39, 0.29) is 17.6 Å². The maximum absolute atomic E-state index is 11.6. The van der Waals surface area contributed by atoms with Gasteiger partial charge in [0.25, 0.3) is 0 Å². The molecule has 0 radical (unpaired) electrons. The molecule has 2 fully saturated rings. The molecule has 2 aliphatic rings. The molecule has 4 nitrogen and oxygen atoms in total. The third-order valence-corrected chi connectivity index (χ3v) is 3.68. The third kappa shape index (κ3) is 2.99. The summed E-state index contributed by atoms with van der Waals surface area (Å²) in [5.74, 6) is 0.360. The average Bonchev–Trinajstić information content (AvgIpc) is 2.81. The fourth-order valence-electron chi connectivity index (χ4n) is 2.58. The van der Waals surface area contributed by atoms with Crippen LogP contribution in [0.15, 0.2) is 0 Å². The second-order valence-corrected chi connectivity index (χ2v) is 6.30. The molecule has 0 aromatic heterocycles. The highest BCUT2D eigenvalue weighted by Gasteiger charge is 2.55. The number of nitrogens with one attached hydrogen (secondary N) is 1. The number of hydrogen-bond acceptors (Lipinski definition) is 3. The van der Waals surface area contributed by atoms with Crippen molar-refractivity contribution in [2.75, 3.05) is 0 Å². The Kier molecular flexibility index (Phi) is 2.92. The monoisotopic (exact) mass is 239 g/mol. The molecular weight excluding hydrogens is 218 g/mol. The van der Waals surface area contributed by atoms with Crippen LogP contribution in [0.4, 0.5) is 4.79 Å². The van der Waals surface area contributed by atoms with Crippen LogP contribution in [0.25, 0.3) is 0 Å². The van der Waals surface area contributed by atoms with Crippen molar-refractivity contribution in [2.24, 2.45) is 5.41 Å². The summed E-state index contributed by atoms with van der Waals surface area (Å²) >= 11 is 0. The first-order chi connectivity index (χ1) is 7.81. The van der Waals surface area contributed by atoms with Gasteiger partial charge in [0.15, 0.2) is 0 Å². The predicted octanol–water partition coefficient (Wildman–Crippen LogP) is 2.41. The van der Waals surface area contributed by atoms with E-state index in [1.807, 2.05) is 20.8 Å². The molecular formula is C13H21NO3. The van der Waals surface area contributed by atoms with Crippen LogP contribution in [0, 0.1) is 5.41 Å². The quantitative estimate of drug-likeness (QED) is 0.764. The van der Waals surface area contributed by atoms with E-state index in [9.17, 15) is 9.59 Å². The predicted molar refractivity (Wildman–Crippen MR) is 63.7 cm³/mol. The van der Waals surface area contributed by atoms with Gasteiger partial charge in [0.05, 0.1) is 0 Å². The summed E-state index contributed by atoms with van der Waals surface area (Å²) in [5.41, 5.74) is -0.251. The van der Waals surface area contributed by atoms with Crippen LogP contribution in [-0.4, -0.2) is 23.5 Å². The lowest BCUT2D eigenvalue weighted by molar-refractivity contribution is -0.121. The summed E-state index contributed by atoms with van der Waals surface area (Å²) in [6.07, 6.45) is 3.85. The molecule has 96 valence electrons. The average molecular weight is 239 g/mol. The van der Waals surface area contributed by atoms with Crippen LogP contribution >= 0.6 is 0 Å². The summed E-state index contributed by atoms with van der Waals surface area (Å²) < 4.78 is 5.23. The smallest absolute Gasteiger partial charge is 0.407 e. The van der Waals surface area contributed by atoms with Gasteiger partial charge in [-0.3, -0.25) is 4.79 Å². The van der Waals surface area contributed by atoms with Crippen LogP contribution < -0.4 is 5.32 Å². The highest BCUT2D eigenvalue weighted by Crippen LogP contribution is 2.55. The summed E-state index contributed by atoms with van der Waals surface area (Å²) in [4.78, 5) is 22.8. The lowest BCUT2D eigenvalue weighted by Crippen LogP contribution is -2.36. The van der Waals surface area contributed by atoms with Crippen LogP contribution in [0.2, 0.25) is 0 Å². The fourth-order valence-corrected chi connectivity index (χ4v) is 2.58. The zero-order valence-corrected chi connectivity index (χ0v) is 10.8. The molecule has 1 atom stereocenters. The Morgan fingerprint density at radius 2 is 1.94 bits per heavy atom. The van der Waals surface area contributed by atoms with Gasteiger partial charge in [-0.1, -0.05) is 0 Å². The minimum atomic E-state index is -0.450. The first-order valence-electron chi connectivity index (χ1n) is 6.32. The highest BCUT2D eigenvalue weighted by atomic mass is 16.6. The number of ketones is 1. The van der Waals surface area contributed by atoms with E-state index in [0.29, 0.717) is 18.6 Å². The zero-order chi connectivity index (χ0) is 12.7. The van der Waals surface area contributed by atoms with Crippen LogP contribution in [0.3, 0.4) is 0 Å². The van der Waals surface area contributed by atoms with Crippen molar-refractivity contribution >= 4 is 11.9 Å². The Labute approximate surface area is 102 Å². The standard InChI is InChI=1S/C13H21NO3/c1-12(2,3)17-11(16)14-10-8-13(10)6-4-9(15)5-7-13/h10H,4-8H2,1-3H3,(H,14,16). The molecule has 0 bridgehead atoms. The van der Waals surface area contributed by atoms with Crippen LogP contribution in [-0.2, 0) is 9.53 Å². The Morgan fingerprint density at radius 1 is 1.35 bits per heavy atom. The molecule has 4 heteroatoms. The van der Waals surface area contributed by atoms with Crippen LogP contribution in [0.1, 0.15) is 52.9 Å². The number of rotatable bonds is 1. The summed E-state index contributed by atoms with van der Waals surface area (Å²) in [5, 5.41) is 2.91. The zero-order valence-electron chi connectivity index (χ0n) is 10.8. The maximum Gasteiger partial charge on any atom is 0.407 e. The Balaban J connectivity index is 1.80. The molecule has 1 amide bonds. The van der Waals surface area contributed by atoms with Gasteiger partial charge in [0.2, 0.25) is 0 Å². The molecule has 2 rings (SSSR count). The van der Waals surface area contributed by atoms with Crippen molar-refractivity contribution in [3.63, 3.8) is 0 Å². The number of hydrogen-bond donors (Lipinski definition) is 1. The van der Waals surface area contributed by atoms with Crippen molar-refractivity contribution in [3.05, 3.63) is 0 Å². The Bertz CT molecular complexity index is 333. The summed E-state index contributed by atoms with van der Waals surface area (Å²) in [7, 11) is 0. The molecule has 1 spiro atoms. The number of amides is 1. The van der Waals surface area contributed by atoms with E-state index in [2.05, 4.69) is 5.32 Å². The molecule has 0 saturated heterocycles. The molecule has 1 N–H and O–H groups in total. The van der Waals surface area contributed by atoms with Crippen molar-refractivity contribution in [1.29, 1.82) is 0 Å². The lowest BCUT2D eigenvalue weighted by Gasteiger charge is -2.23. The van der Waals surface area contributed by atoms with E-state index in [1.54, 1.807) is 0 Å². The molecule has 0 aliphatic heterocycles. The highest BCUT2D eigenvalue weighted by molar-refractivity contribution is 5.79. The SMILES string of the molecule is CC(C)(C)OC(=O)NC1CC12CCC(=O)CC2. The van der Waals surface area contributed by atoms with E-state index in [0.717, 1.165) is 19.3 Å². The fraction of sp³-hybridized carbons (Fsp3) is 0.846. The molecule has 0 aromatic rings. The van der Waals surface area contributed by atoms with Gasteiger partial charge >= 0.3 is 6.09 Å². The van der Waals surface area contributed by atoms with Crippen molar-refractivity contribution < 1.29 is 14.3 Å². The largest absolute Gasteiger partial charge is 0.444 e. The van der Waals surface area contributed by atoms with Crippen LogP contribution in [0.5, 0.6) is 0 Å². The number of Topliss-reactive ketones (excluding diaryl/α,β-unsaturated/α-hetero) is 1. The van der Waals surface area contributed by atoms with Crippen molar-refractivity contribution in [1.82, 2.24) is 5.32 Å². The first-order valence-corrected chi connectivity index (χ1v) is 6.32. The van der Waals surface area contributed by atoms with Gasteiger partial charge in [0, 0.05) is 18.9 Å². The number of carbonyl (C=O) groups excluding carboxylic acids is 2. The molecule has 0 heterocycles. The van der Waals surface area contributed by atoms with Gasteiger partial charge < -0.3 is 10.1 Å². The normalized spacial score (nSPS) is 26.8. The van der Waals surface area contributed by atoms with Gasteiger partial charge in [-0.25, -0.2) is 4.79 Å². The second-order valence-electron chi connectivity index (χ2n) is 6.30. The van der Waals surface area contributed by atoms with E-state index < -0.39 is 5.60 Å². The lowest BCUT2D eigenvalue weighted by atomic mass is 9.85. The summed E-state index contributed by atoms with van der Waals surface area (Å²) in [6, 6.07) is 0.213. The van der Waals surface area contributed by atoms with Gasteiger partial charge in [-0.15, -0.1) is 0 Å². The topological polar surface area (TPSA) is 55.4 Å². The maximum atomic E-state index is 11.6. The number of ether oxygens (including phenoxy) is 1. The minimum Gasteiger partial charge on any atom is -0.444 e. The van der Waals surface area contributed by atoms with Gasteiger partial charge in [-0.05, 0) is 45.4 Å². The Morgan fingerprint density at radius 3 is 2.47 bits per heavy atom. The Hall–Kier alpha value is -1.06. The number of carbonyl (C=O) groups is 2. The van der Waals surface area contributed by atoms with E-state index in [1.165, 1.54) is 0 Å². The molecule has 1 unspecified atom stereocenters. The minimum absolute atomic E-state index is 0.199. The molecule has 2 aliphatic carbocycles. The van der Waals surface area contributed by atoms with E-state index in [4.69, 9.17) is 4.74 Å². The summed E-state index contributed by atoms with van der Waals surface area (Å²) in [6.45, 7) is 5.57. The van der Waals surface area contributed by atoms with Crippen molar-refractivity contribution in [2.45, 2.75) is 64.5 Å². The first kappa shape index (κ1) is 12.4. The van der Waals surface area contributed by atoms with Gasteiger partial charge in [-0.2, -0.15) is 0 Å². The second kappa shape index (κ2) is 4.00. The molecule has 2 saturated carbocycles. The number of alkyl carbamates (subject to hydrolysis) is 1. The molecule has 17 heavy (non-hydrogen) atoms. The van der Waals surface area contributed by atoms with Crippen molar-refractivity contribution in [3.8, 4) is 0 Å². The van der Waals surface area contributed by atoms with Gasteiger partial charge in [0.1, 0.15) is 11.4 Å². The van der Waals surface area contributed by atoms with E-state index >= 15 is 0 Å². The third-order valence-electron chi connectivity index (χ3n) is 3.68. The molecule has 0 aromatic carbocycles.